The van der Waals surface area contributed by atoms with E-state index in [1.165, 1.54) is 17.2 Å². The van der Waals surface area contributed by atoms with Crippen LogP contribution in [0.3, 0.4) is 0 Å². The van der Waals surface area contributed by atoms with Crippen LogP contribution in [0.1, 0.15) is 48.1 Å². The lowest BCUT2D eigenvalue weighted by Crippen LogP contribution is -2.18. The van der Waals surface area contributed by atoms with Crippen molar-refractivity contribution in [2.24, 2.45) is 0 Å². The van der Waals surface area contributed by atoms with E-state index in [0.29, 0.717) is 5.92 Å². The fourth-order valence-electron chi connectivity index (χ4n) is 2.54. The van der Waals surface area contributed by atoms with Crippen molar-refractivity contribution >= 4 is 0 Å². The van der Waals surface area contributed by atoms with Gasteiger partial charge in [0.1, 0.15) is 5.82 Å². The Morgan fingerprint density at radius 3 is 2.05 bits per heavy atom. The van der Waals surface area contributed by atoms with Crippen LogP contribution in [0.2, 0.25) is 0 Å². The minimum Gasteiger partial charge on any atom is -0.309 e. The number of rotatable bonds is 4. The average molecular weight is 271 g/mol. The second-order valence-corrected chi connectivity index (χ2v) is 5.54. The molecular weight excluding hydrogens is 249 g/mol. The molecular formula is C18H22FN. The number of hydrogen-bond donors (Lipinski definition) is 1. The van der Waals surface area contributed by atoms with E-state index in [1.54, 1.807) is 6.07 Å². The van der Waals surface area contributed by atoms with E-state index in [4.69, 9.17) is 0 Å². The summed E-state index contributed by atoms with van der Waals surface area (Å²) in [5, 5.41) is 3.32. The highest BCUT2D eigenvalue weighted by atomic mass is 19.1. The highest BCUT2D eigenvalue weighted by molar-refractivity contribution is 5.38. The zero-order valence-electron chi connectivity index (χ0n) is 12.6. The van der Waals surface area contributed by atoms with Crippen LogP contribution in [0.4, 0.5) is 4.39 Å². The molecule has 1 atom stereocenters. The Balaban J connectivity index is 2.36. The first-order valence-electron chi connectivity index (χ1n) is 7.06. The molecule has 20 heavy (non-hydrogen) atoms. The summed E-state index contributed by atoms with van der Waals surface area (Å²) in [6, 6.07) is 13.7. The fraction of sp³-hybridized carbons (Fsp3) is 0.333. The molecule has 2 rings (SSSR count). The molecule has 0 aromatic heterocycles. The third kappa shape index (κ3) is 3.07. The molecule has 2 aromatic carbocycles. The largest absolute Gasteiger partial charge is 0.309 e. The second kappa shape index (κ2) is 6.19. The monoisotopic (exact) mass is 271 g/mol. The maximum absolute atomic E-state index is 13.2. The van der Waals surface area contributed by atoms with Crippen LogP contribution >= 0.6 is 0 Å². The zero-order valence-corrected chi connectivity index (χ0v) is 12.6. The van der Waals surface area contributed by atoms with Gasteiger partial charge in [0, 0.05) is 0 Å². The Morgan fingerprint density at radius 1 is 0.950 bits per heavy atom. The molecule has 106 valence electrons. The van der Waals surface area contributed by atoms with Crippen molar-refractivity contribution in [3.05, 3.63) is 70.5 Å². The lowest BCUT2D eigenvalue weighted by Gasteiger charge is -2.20. The molecule has 0 amide bonds. The normalized spacial score (nSPS) is 12.7. The van der Waals surface area contributed by atoms with Gasteiger partial charge in [0.05, 0.1) is 6.04 Å². The summed E-state index contributed by atoms with van der Waals surface area (Å²) in [6.07, 6.45) is 0. The van der Waals surface area contributed by atoms with Gasteiger partial charge >= 0.3 is 0 Å². The van der Waals surface area contributed by atoms with E-state index in [-0.39, 0.29) is 11.9 Å². The second-order valence-electron chi connectivity index (χ2n) is 5.54. The average Bonchev–Trinajstić information content (AvgIpc) is 2.42. The van der Waals surface area contributed by atoms with Crippen LogP contribution in [0.15, 0.2) is 42.5 Å². The Bertz CT molecular complexity index is 572. The van der Waals surface area contributed by atoms with Gasteiger partial charge in [-0.15, -0.1) is 0 Å². The minimum absolute atomic E-state index is 0.0943. The van der Waals surface area contributed by atoms with Crippen LogP contribution in [-0.2, 0) is 0 Å². The quantitative estimate of drug-likeness (QED) is 0.859. The Labute approximate surface area is 120 Å². The molecule has 1 nitrogen and oxygen atoms in total. The predicted octanol–water partition coefficient (Wildman–Crippen LogP) is 4.57. The molecule has 1 unspecified atom stereocenters. The fourth-order valence-corrected chi connectivity index (χ4v) is 2.54. The standard InChI is InChI=1S/C18H22FN/c1-12(2)14-5-7-15(8-6-14)18(20-4)17-10-9-16(19)11-13(17)3/h5-12,18,20H,1-4H3. The number of aryl methyl sites for hydroxylation is 1. The van der Waals surface area contributed by atoms with Gasteiger partial charge in [0.15, 0.2) is 0 Å². The van der Waals surface area contributed by atoms with Gasteiger partial charge in [-0.3, -0.25) is 0 Å². The van der Waals surface area contributed by atoms with Crippen LogP contribution in [0, 0.1) is 12.7 Å². The van der Waals surface area contributed by atoms with E-state index in [2.05, 4.69) is 43.4 Å². The highest BCUT2D eigenvalue weighted by Crippen LogP contribution is 2.26. The molecule has 0 aliphatic carbocycles. The highest BCUT2D eigenvalue weighted by Gasteiger charge is 2.14. The molecule has 0 aliphatic heterocycles. The summed E-state index contributed by atoms with van der Waals surface area (Å²) >= 11 is 0. The van der Waals surface area contributed by atoms with E-state index >= 15 is 0 Å². The van der Waals surface area contributed by atoms with E-state index in [0.717, 1.165) is 11.1 Å². The SMILES string of the molecule is CNC(c1ccc(C(C)C)cc1)c1ccc(F)cc1C. The maximum Gasteiger partial charge on any atom is 0.123 e. The molecule has 0 saturated carbocycles. The molecule has 2 heteroatoms. The summed E-state index contributed by atoms with van der Waals surface area (Å²) in [6.45, 7) is 6.33. The summed E-state index contributed by atoms with van der Waals surface area (Å²) < 4.78 is 13.2. The maximum atomic E-state index is 13.2. The summed E-state index contributed by atoms with van der Waals surface area (Å²) in [5.74, 6) is 0.348. The molecule has 0 bridgehead atoms. The van der Waals surface area contributed by atoms with Gasteiger partial charge in [-0.05, 0) is 54.3 Å². The number of halogens is 1. The Hall–Kier alpha value is -1.67. The van der Waals surface area contributed by atoms with Crippen molar-refractivity contribution < 1.29 is 4.39 Å². The molecule has 0 saturated heterocycles. The predicted molar refractivity (Wildman–Crippen MR) is 82.6 cm³/mol. The molecule has 1 N–H and O–H groups in total. The molecule has 0 spiro atoms. The first kappa shape index (κ1) is 14.7. The minimum atomic E-state index is -0.184. The summed E-state index contributed by atoms with van der Waals surface area (Å²) in [7, 11) is 1.93. The lowest BCUT2D eigenvalue weighted by molar-refractivity contribution is 0.621. The van der Waals surface area contributed by atoms with Crippen molar-refractivity contribution in [1.82, 2.24) is 5.32 Å². The van der Waals surface area contributed by atoms with Gasteiger partial charge in [-0.2, -0.15) is 0 Å². The van der Waals surface area contributed by atoms with Crippen molar-refractivity contribution in [1.29, 1.82) is 0 Å². The van der Waals surface area contributed by atoms with E-state index in [1.807, 2.05) is 20.0 Å². The van der Waals surface area contributed by atoms with Gasteiger partial charge in [-0.25, -0.2) is 4.39 Å². The van der Waals surface area contributed by atoms with Gasteiger partial charge in [0.2, 0.25) is 0 Å². The van der Waals surface area contributed by atoms with Gasteiger partial charge in [-0.1, -0.05) is 44.2 Å². The van der Waals surface area contributed by atoms with E-state index in [9.17, 15) is 4.39 Å². The van der Waals surface area contributed by atoms with Crippen LogP contribution in [0.25, 0.3) is 0 Å². The summed E-state index contributed by atoms with van der Waals surface area (Å²) in [4.78, 5) is 0. The first-order chi connectivity index (χ1) is 9.52. The zero-order chi connectivity index (χ0) is 14.7. The summed E-state index contributed by atoms with van der Waals surface area (Å²) in [5.41, 5.74) is 4.62. The van der Waals surface area contributed by atoms with Crippen LogP contribution in [-0.4, -0.2) is 7.05 Å². The lowest BCUT2D eigenvalue weighted by atomic mass is 9.93. The van der Waals surface area contributed by atoms with Crippen LogP contribution in [0.5, 0.6) is 0 Å². The van der Waals surface area contributed by atoms with Gasteiger partial charge in [0.25, 0.3) is 0 Å². The van der Waals surface area contributed by atoms with E-state index < -0.39 is 0 Å². The first-order valence-corrected chi connectivity index (χ1v) is 7.06. The third-order valence-corrected chi connectivity index (χ3v) is 3.77. The number of hydrogen-bond acceptors (Lipinski definition) is 1. The number of benzene rings is 2. The Morgan fingerprint density at radius 2 is 1.55 bits per heavy atom. The van der Waals surface area contributed by atoms with Crippen LogP contribution < -0.4 is 5.32 Å². The molecule has 0 radical (unpaired) electrons. The molecule has 2 aromatic rings. The third-order valence-electron chi connectivity index (χ3n) is 3.77. The molecule has 0 heterocycles. The molecule has 0 fully saturated rings. The van der Waals surface area contributed by atoms with Gasteiger partial charge < -0.3 is 5.32 Å². The van der Waals surface area contributed by atoms with Crippen molar-refractivity contribution in [3.8, 4) is 0 Å². The van der Waals surface area contributed by atoms with Crippen molar-refractivity contribution in [2.75, 3.05) is 7.05 Å². The Kier molecular flexibility index (Phi) is 4.56. The van der Waals surface area contributed by atoms with Crippen molar-refractivity contribution in [2.45, 2.75) is 32.7 Å². The molecule has 0 aliphatic rings. The van der Waals surface area contributed by atoms with Crippen molar-refractivity contribution in [3.63, 3.8) is 0 Å². The smallest absolute Gasteiger partial charge is 0.123 e. The topological polar surface area (TPSA) is 12.0 Å². The number of nitrogens with one attached hydrogen (secondary N) is 1.